The molecule has 1 N–H and O–H groups in total. The number of nitrogens with one attached hydrogen (secondary N) is 1. The average molecular weight is 344 g/mol. The van der Waals surface area contributed by atoms with Crippen LogP contribution in [-0.4, -0.2) is 21.6 Å². The first kappa shape index (κ1) is 12.3. The zero-order valence-electron chi connectivity index (χ0n) is 9.44. The first-order chi connectivity index (χ1) is 8.13. The highest BCUT2D eigenvalue weighted by atomic mass is 127. The van der Waals surface area contributed by atoms with E-state index in [2.05, 4.69) is 5.32 Å². The van der Waals surface area contributed by atoms with E-state index in [-0.39, 0.29) is 18.5 Å². The maximum absolute atomic E-state index is 12.3. The van der Waals surface area contributed by atoms with E-state index in [4.69, 9.17) is 0 Å². The van der Waals surface area contributed by atoms with Crippen molar-refractivity contribution in [1.82, 2.24) is 8.43 Å². The van der Waals surface area contributed by atoms with E-state index in [1.54, 1.807) is 0 Å². The summed E-state index contributed by atoms with van der Waals surface area (Å²) < 4.78 is 1.52. The van der Waals surface area contributed by atoms with Crippen LogP contribution in [0.5, 0.6) is 0 Å². The Bertz CT molecular complexity index is 449. The fourth-order valence-corrected chi connectivity index (χ4v) is 2.74. The Kier molecular flexibility index (Phi) is 3.37. The predicted molar refractivity (Wildman–Crippen MR) is 72.3 cm³/mol. The molecule has 0 aromatic heterocycles. The van der Waals surface area contributed by atoms with Crippen LogP contribution in [0.1, 0.15) is 18.9 Å². The molecule has 0 aliphatic carbocycles. The van der Waals surface area contributed by atoms with Crippen LogP contribution in [0.25, 0.3) is 0 Å². The maximum Gasteiger partial charge on any atom is 0.252 e. The largest absolute Gasteiger partial charge is 0.337 e. The summed E-state index contributed by atoms with van der Waals surface area (Å²) in [5.74, 6) is -0.348. The normalized spacial score (nSPS) is 24.7. The molecule has 1 aromatic carbocycles. The summed E-state index contributed by atoms with van der Waals surface area (Å²) in [4.78, 5) is 24.5. The minimum absolute atomic E-state index is 0.143. The molecule has 90 valence electrons. The maximum atomic E-state index is 12.3. The van der Waals surface area contributed by atoms with Crippen LogP contribution in [0.15, 0.2) is 30.3 Å². The molecule has 0 radical (unpaired) electrons. The topological polar surface area (TPSA) is 49.4 Å². The Morgan fingerprint density at radius 1 is 1.35 bits per heavy atom. The van der Waals surface area contributed by atoms with Crippen molar-refractivity contribution in [1.29, 1.82) is 0 Å². The second-order valence-electron chi connectivity index (χ2n) is 3.96. The fraction of sp³-hybridized carbons (Fsp3) is 0.333. The van der Waals surface area contributed by atoms with E-state index >= 15 is 0 Å². The standard InChI is InChI=1S/C12H13IN2O2/c1-2-12(9-6-4-3-5-7-9)10(16)14-8-15(13)11(12)17/h3-7H,2,8H2,1H3,(H,14,16). The summed E-state index contributed by atoms with van der Waals surface area (Å²) >= 11 is 1.94. The number of hydrogen-bond donors (Lipinski definition) is 1. The Labute approximate surface area is 114 Å². The zero-order valence-corrected chi connectivity index (χ0v) is 11.6. The van der Waals surface area contributed by atoms with Crippen molar-refractivity contribution in [3.05, 3.63) is 35.9 Å². The van der Waals surface area contributed by atoms with E-state index < -0.39 is 5.41 Å². The quantitative estimate of drug-likeness (QED) is 0.503. The smallest absolute Gasteiger partial charge is 0.252 e. The van der Waals surface area contributed by atoms with E-state index in [9.17, 15) is 9.59 Å². The highest BCUT2D eigenvalue weighted by Gasteiger charge is 2.50. The van der Waals surface area contributed by atoms with Gasteiger partial charge in [0.2, 0.25) is 5.91 Å². The summed E-state index contributed by atoms with van der Waals surface area (Å²) in [5, 5.41) is 2.76. The van der Waals surface area contributed by atoms with Crippen LogP contribution in [0.2, 0.25) is 0 Å². The summed E-state index contributed by atoms with van der Waals surface area (Å²) in [6.45, 7) is 2.13. The summed E-state index contributed by atoms with van der Waals surface area (Å²) in [5.41, 5.74) is -0.313. The first-order valence-electron chi connectivity index (χ1n) is 5.44. The lowest BCUT2D eigenvalue weighted by Crippen LogP contribution is -2.60. The SMILES string of the molecule is CCC1(c2ccccc2)C(=O)NCN(I)C1=O. The second kappa shape index (κ2) is 4.64. The van der Waals surface area contributed by atoms with Crippen molar-refractivity contribution in [2.45, 2.75) is 18.8 Å². The van der Waals surface area contributed by atoms with Crippen LogP contribution in [-0.2, 0) is 15.0 Å². The molecule has 1 saturated heterocycles. The molecule has 1 unspecified atom stereocenters. The van der Waals surface area contributed by atoms with Gasteiger partial charge in [0, 0.05) is 0 Å². The molecular weight excluding hydrogens is 331 g/mol. The highest BCUT2D eigenvalue weighted by Crippen LogP contribution is 2.33. The number of benzene rings is 1. The molecule has 1 aliphatic heterocycles. The van der Waals surface area contributed by atoms with E-state index in [1.165, 1.54) is 3.11 Å². The van der Waals surface area contributed by atoms with Crippen LogP contribution in [0, 0.1) is 0 Å². The molecule has 1 aliphatic rings. The van der Waals surface area contributed by atoms with Gasteiger partial charge in [0.1, 0.15) is 6.67 Å². The molecule has 2 amide bonds. The molecule has 0 bridgehead atoms. The van der Waals surface area contributed by atoms with Gasteiger partial charge in [-0.1, -0.05) is 37.3 Å². The lowest BCUT2D eigenvalue weighted by atomic mass is 9.75. The van der Waals surface area contributed by atoms with Gasteiger partial charge in [-0.05, 0) is 12.0 Å². The van der Waals surface area contributed by atoms with Gasteiger partial charge in [-0.3, -0.25) is 12.7 Å². The molecule has 4 nitrogen and oxygen atoms in total. The molecule has 1 fully saturated rings. The molecule has 1 aromatic rings. The number of hydrogen-bond acceptors (Lipinski definition) is 2. The van der Waals surface area contributed by atoms with Gasteiger partial charge >= 0.3 is 0 Å². The van der Waals surface area contributed by atoms with E-state index in [0.717, 1.165) is 5.56 Å². The molecule has 2 rings (SSSR count). The van der Waals surface area contributed by atoms with Crippen molar-refractivity contribution in [3.8, 4) is 0 Å². The fourth-order valence-electron chi connectivity index (χ4n) is 2.16. The van der Waals surface area contributed by atoms with Crippen molar-refractivity contribution in [2.75, 3.05) is 6.67 Å². The van der Waals surface area contributed by atoms with Crippen molar-refractivity contribution in [2.24, 2.45) is 0 Å². The minimum atomic E-state index is -1.07. The molecule has 1 heterocycles. The van der Waals surface area contributed by atoms with Crippen molar-refractivity contribution >= 4 is 34.7 Å². The lowest BCUT2D eigenvalue weighted by molar-refractivity contribution is -0.145. The van der Waals surface area contributed by atoms with Gasteiger partial charge in [-0.25, -0.2) is 0 Å². The average Bonchev–Trinajstić information content (AvgIpc) is 2.37. The molecule has 0 spiro atoms. The number of amides is 2. The molecular formula is C12H13IN2O2. The molecule has 5 heteroatoms. The summed E-state index contributed by atoms with van der Waals surface area (Å²) in [6.07, 6.45) is 0.460. The second-order valence-corrected chi connectivity index (χ2v) is 5.12. The Morgan fingerprint density at radius 2 is 2.00 bits per heavy atom. The minimum Gasteiger partial charge on any atom is -0.337 e. The molecule has 17 heavy (non-hydrogen) atoms. The van der Waals surface area contributed by atoms with Gasteiger partial charge in [-0.2, -0.15) is 0 Å². The van der Waals surface area contributed by atoms with Crippen LogP contribution in [0.3, 0.4) is 0 Å². The number of carbonyl (C=O) groups is 2. The third kappa shape index (κ3) is 1.82. The summed E-state index contributed by atoms with van der Waals surface area (Å²) in [7, 11) is 0. The number of rotatable bonds is 2. The lowest BCUT2D eigenvalue weighted by Gasteiger charge is -2.37. The number of nitrogens with zero attached hydrogens (tertiary/aromatic N) is 1. The van der Waals surface area contributed by atoms with Gasteiger partial charge in [0.05, 0.1) is 22.9 Å². The van der Waals surface area contributed by atoms with Crippen LogP contribution < -0.4 is 5.32 Å². The third-order valence-corrected chi connectivity index (χ3v) is 3.93. The van der Waals surface area contributed by atoms with Gasteiger partial charge in [0.15, 0.2) is 5.41 Å². The Morgan fingerprint density at radius 3 is 2.59 bits per heavy atom. The monoisotopic (exact) mass is 344 g/mol. The Hall–Kier alpha value is -1.11. The number of halogens is 1. The van der Waals surface area contributed by atoms with Crippen molar-refractivity contribution in [3.63, 3.8) is 0 Å². The van der Waals surface area contributed by atoms with Crippen LogP contribution in [0.4, 0.5) is 0 Å². The van der Waals surface area contributed by atoms with Crippen molar-refractivity contribution < 1.29 is 9.59 Å². The van der Waals surface area contributed by atoms with E-state index in [0.29, 0.717) is 6.42 Å². The van der Waals surface area contributed by atoms with Crippen LogP contribution >= 0.6 is 22.9 Å². The van der Waals surface area contributed by atoms with Gasteiger partial charge < -0.3 is 5.32 Å². The third-order valence-electron chi connectivity index (χ3n) is 3.15. The molecule has 1 atom stereocenters. The summed E-state index contributed by atoms with van der Waals surface area (Å²) in [6, 6.07) is 9.23. The van der Waals surface area contributed by atoms with E-state index in [1.807, 2.05) is 60.1 Å². The van der Waals surface area contributed by atoms with Gasteiger partial charge in [-0.15, -0.1) is 0 Å². The number of carbonyl (C=O) groups excluding carboxylic acids is 2. The van der Waals surface area contributed by atoms with Gasteiger partial charge in [0.25, 0.3) is 5.91 Å². The first-order valence-corrected chi connectivity index (χ1v) is 6.41. The molecule has 0 saturated carbocycles. The zero-order chi connectivity index (χ0) is 12.5. The Balaban J connectivity index is 2.55. The predicted octanol–water partition coefficient (Wildman–Crippen LogP) is 1.60. The highest BCUT2D eigenvalue weighted by molar-refractivity contribution is 14.1.